The number of allylic oxidation sites excluding steroid dienone is 3. The summed E-state index contributed by atoms with van der Waals surface area (Å²) in [6, 6.07) is 0. The zero-order valence-corrected chi connectivity index (χ0v) is 8.43. The van der Waals surface area contributed by atoms with Crippen LogP contribution in [0.15, 0.2) is 22.9 Å². The van der Waals surface area contributed by atoms with E-state index in [0.29, 0.717) is 4.48 Å². The lowest BCUT2D eigenvalue weighted by Gasteiger charge is -2.30. The normalized spacial score (nSPS) is 22.8. The van der Waals surface area contributed by atoms with Crippen LogP contribution in [0.1, 0.15) is 20.8 Å². The number of hydrogen-bond acceptors (Lipinski definition) is 1. The SMILES string of the molecule is CC1=CC(C)=C(C)C(=O)[N+]1(C)C. The molecule has 0 bridgehead atoms. The van der Waals surface area contributed by atoms with E-state index < -0.39 is 0 Å². The van der Waals surface area contributed by atoms with Crippen LogP contribution in [0.2, 0.25) is 0 Å². The van der Waals surface area contributed by atoms with E-state index in [1.807, 2.05) is 34.9 Å². The van der Waals surface area contributed by atoms with Gasteiger partial charge in [-0.25, -0.2) is 9.28 Å². The zero-order valence-electron chi connectivity index (χ0n) is 8.43. The van der Waals surface area contributed by atoms with Crippen molar-refractivity contribution >= 4 is 5.91 Å². The predicted molar refractivity (Wildman–Crippen MR) is 49.2 cm³/mol. The second-order valence-corrected chi connectivity index (χ2v) is 3.85. The fraction of sp³-hybridized carbons (Fsp3) is 0.500. The van der Waals surface area contributed by atoms with Crippen molar-refractivity contribution in [3.8, 4) is 0 Å². The molecule has 0 aromatic rings. The molecule has 2 heteroatoms. The van der Waals surface area contributed by atoms with Gasteiger partial charge in [0, 0.05) is 6.92 Å². The van der Waals surface area contributed by atoms with E-state index in [9.17, 15) is 4.79 Å². The smallest absolute Gasteiger partial charge is 0.233 e. The standard InChI is InChI=1S/C10H16NO/c1-7-6-8(2)11(4,5)10(12)9(7)3/h6H,1-5H3/q+1. The molecular weight excluding hydrogens is 150 g/mol. The van der Waals surface area contributed by atoms with E-state index in [2.05, 4.69) is 6.08 Å². The molecule has 0 atom stereocenters. The quantitative estimate of drug-likeness (QED) is 0.502. The van der Waals surface area contributed by atoms with Crippen molar-refractivity contribution in [3.05, 3.63) is 22.9 Å². The molecule has 0 aliphatic carbocycles. The monoisotopic (exact) mass is 166 g/mol. The van der Waals surface area contributed by atoms with E-state index in [1.165, 1.54) is 0 Å². The summed E-state index contributed by atoms with van der Waals surface area (Å²) in [6.45, 7) is 5.87. The molecule has 0 aromatic carbocycles. The fourth-order valence-corrected chi connectivity index (χ4v) is 1.33. The Morgan fingerprint density at radius 1 is 1.17 bits per heavy atom. The highest BCUT2D eigenvalue weighted by Gasteiger charge is 2.34. The number of carbonyl (C=O) groups is 1. The Balaban J connectivity index is 3.25. The van der Waals surface area contributed by atoms with Crippen LogP contribution in [0.25, 0.3) is 0 Å². The lowest BCUT2D eigenvalue weighted by Crippen LogP contribution is -2.46. The van der Waals surface area contributed by atoms with Gasteiger partial charge in [0.25, 0.3) is 0 Å². The minimum atomic E-state index is 0.201. The van der Waals surface area contributed by atoms with Gasteiger partial charge in [0.05, 0.1) is 19.7 Å². The van der Waals surface area contributed by atoms with E-state index in [4.69, 9.17) is 0 Å². The van der Waals surface area contributed by atoms with Gasteiger partial charge in [-0.2, -0.15) is 0 Å². The molecule has 1 amide bonds. The van der Waals surface area contributed by atoms with E-state index >= 15 is 0 Å². The third kappa shape index (κ3) is 1.12. The Labute approximate surface area is 73.8 Å². The van der Waals surface area contributed by atoms with Gasteiger partial charge in [0.2, 0.25) is 0 Å². The number of likely N-dealkylation sites (N-methyl/N-ethyl adjacent to an activating group) is 1. The summed E-state index contributed by atoms with van der Waals surface area (Å²) in [4.78, 5) is 11.7. The molecule has 1 rings (SSSR count). The number of quaternary nitrogens is 1. The largest absolute Gasteiger partial charge is 0.346 e. The van der Waals surface area contributed by atoms with Crippen LogP contribution in [0.4, 0.5) is 0 Å². The minimum Gasteiger partial charge on any atom is -0.233 e. The molecule has 1 aliphatic heterocycles. The number of rotatable bonds is 0. The fourth-order valence-electron chi connectivity index (χ4n) is 1.33. The van der Waals surface area contributed by atoms with Crippen molar-refractivity contribution in [2.45, 2.75) is 20.8 Å². The van der Waals surface area contributed by atoms with Crippen molar-refractivity contribution in [1.29, 1.82) is 0 Å². The van der Waals surface area contributed by atoms with Crippen molar-refractivity contribution in [2.75, 3.05) is 14.1 Å². The van der Waals surface area contributed by atoms with Crippen LogP contribution in [-0.2, 0) is 4.79 Å². The molecule has 0 saturated heterocycles. The van der Waals surface area contributed by atoms with E-state index in [1.54, 1.807) is 0 Å². The molecule has 0 spiro atoms. The Morgan fingerprint density at radius 2 is 1.67 bits per heavy atom. The highest BCUT2D eigenvalue weighted by Crippen LogP contribution is 2.24. The molecule has 12 heavy (non-hydrogen) atoms. The maximum atomic E-state index is 11.7. The zero-order chi connectivity index (χ0) is 9.52. The molecule has 0 aromatic heterocycles. The van der Waals surface area contributed by atoms with Gasteiger partial charge in [-0.3, -0.25) is 0 Å². The van der Waals surface area contributed by atoms with Crippen LogP contribution in [0, 0.1) is 0 Å². The molecule has 0 saturated carbocycles. The maximum Gasteiger partial charge on any atom is 0.346 e. The van der Waals surface area contributed by atoms with Crippen LogP contribution in [0.3, 0.4) is 0 Å². The Morgan fingerprint density at radius 3 is 2.17 bits per heavy atom. The summed E-state index contributed by atoms with van der Waals surface area (Å²) in [7, 11) is 3.84. The van der Waals surface area contributed by atoms with Gasteiger partial charge in [0.15, 0.2) is 0 Å². The Kier molecular flexibility index (Phi) is 1.96. The summed E-state index contributed by atoms with van der Waals surface area (Å²) >= 11 is 0. The third-order valence-electron chi connectivity index (χ3n) is 2.73. The van der Waals surface area contributed by atoms with Crippen LogP contribution in [0.5, 0.6) is 0 Å². The van der Waals surface area contributed by atoms with Crippen LogP contribution < -0.4 is 0 Å². The molecule has 1 heterocycles. The maximum absolute atomic E-state index is 11.7. The molecule has 0 unspecified atom stereocenters. The Hall–Kier alpha value is -0.890. The molecule has 1 aliphatic rings. The first-order valence-electron chi connectivity index (χ1n) is 4.12. The highest BCUT2D eigenvalue weighted by molar-refractivity contribution is 5.90. The van der Waals surface area contributed by atoms with Crippen molar-refractivity contribution in [1.82, 2.24) is 0 Å². The number of hydrogen-bond donors (Lipinski definition) is 0. The molecule has 2 nitrogen and oxygen atoms in total. The molecule has 0 fully saturated rings. The first-order valence-corrected chi connectivity index (χ1v) is 4.12. The number of amides is 1. The number of carbonyl (C=O) groups excluding carboxylic acids is 1. The molecule has 66 valence electrons. The summed E-state index contributed by atoms with van der Waals surface area (Å²) in [6.07, 6.45) is 2.08. The first-order chi connectivity index (χ1) is 5.37. The van der Waals surface area contributed by atoms with E-state index in [-0.39, 0.29) is 5.91 Å². The number of nitrogens with zero attached hydrogens (tertiary/aromatic N) is 1. The van der Waals surface area contributed by atoms with Crippen molar-refractivity contribution in [2.24, 2.45) is 0 Å². The molecular formula is C10H16NO+. The van der Waals surface area contributed by atoms with Gasteiger partial charge in [-0.05, 0) is 25.5 Å². The van der Waals surface area contributed by atoms with Crippen LogP contribution in [-0.4, -0.2) is 24.5 Å². The summed E-state index contributed by atoms with van der Waals surface area (Å²) in [5, 5.41) is 0. The van der Waals surface area contributed by atoms with Crippen LogP contribution >= 0.6 is 0 Å². The average Bonchev–Trinajstić information content (AvgIpc) is 1.99. The van der Waals surface area contributed by atoms with Crippen molar-refractivity contribution < 1.29 is 9.28 Å². The Bertz CT molecular complexity index is 291. The van der Waals surface area contributed by atoms with Gasteiger partial charge < -0.3 is 0 Å². The lowest BCUT2D eigenvalue weighted by molar-refractivity contribution is -0.772. The first kappa shape index (κ1) is 9.20. The summed E-state index contributed by atoms with van der Waals surface area (Å²) < 4.78 is 0.364. The summed E-state index contributed by atoms with van der Waals surface area (Å²) in [5.41, 5.74) is 3.07. The minimum absolute atomic E-state index is 0.201. The predicted octanol–water partition coefficient (Wildman–Crippen LogP) is 1.84. The van der Waals surface area contributed by atoms with Gasteiger partial charge in [-0.1, -0.05) is 0 Å². The third-order valence-corrected chi connectivity index (χ3v) is 2.73. The second kappa shape index (κ2) is 2.56. The topological polar surface area (TPSA) is 17.1 Å². The summed E-state index contributed by atoms with van der Waals surface area (Å²) in [5.74, 6) is 0.201. The van der Waals surface area contributed by atoms with Gasteiger partial charge >= 0.3 is 5.91 Å². The van der Waals surface area contributed by atoms with Gasteiger partial charge in [0.1, 0.15) is 5.70 Å². The molecule has 0 radical (unpaired) electrons. The highest BCUT2D eigenvalue weighted by atomic mass is 16.2. The van der Waals surface area contributed by atoms with E-state index in [0.717, 1.165) is 16.8 Å². The van der Waals surface area contributed by atoms with Crippen molar-refractivity contribution in [3.63, 3.8) is 0 Å². The van der Waals surface area contributed by atoms with Gasteiger partial charge in [-0.15, -0.1) is 0 Å². The average molecular weight is 166 g/mol. The second-order valence-electron chi connectivity index (χ2n) is 3.85. The lowest BCUT2D eigenvalue weighted by atomic mass is 10.0. The molecule has 0 N–H and O–H groups in total.